The van der Waals surface area contributed by atoms with E-state index in [0.717, 1.165) is 19.3 Å². The van der Waals surface area contributed by atoms with Gasteiger partial charge in [-0.05, 0) is 12.8 Å². The summed E-state index contributed by atoms with van der Waals surface area (Å²) in [7, 11) is 0. The number of hydrogen-bond donors (Lipinski definition) is 0. The van der Waals surface area contributed by atoms with Crippen LogP contribution in [0.5, 0.6) is 0 Å². The molecule has 54 valence electrons. The lowest BCUT2D eigenvalue weighted by Gasteiger charge is -2.00. The van der Waals surface area contributed by atoms with Crippen molar-refractivity contribution in [3.63, 3.8) is 0 Å². The van der Waals surface area contributed by atoms with Crippen molar-refractivity contribution in [2.45, 2.75) is 31.4 Å². The maximum atomic E-state index is 10.9. The smallest absolute Gasteiger partial charge is 0.158 e. The zero-order valence-corrected chi connectivity index (χ0v) is 6.45. The molecule has 9 heavy (non-hydrogen) atoms. The van der Waals surface area contributed by atoms with Gasteiger partial charge in [0.1, 0.15) is 0 Å². The predicted molar refractivity (Wildman–Crippen MR) is 37.4 cm³/mol. The van der Waals surface area contributed by atoms with Crippen LogP contribution >= 0.6 is 0 Å². The molecule has 0 unspecified atom stereocenters. The minimum absolute atomic E-state index is 0.329. The molecule has 0 aromatic heterocycles. The molecule has 1 fully saturated rings. The first-order valence-electron chi connectivity index (χ1n) is 3.38. The zero-order chi connectivity index (χ0) is 6.69. The van der Waals surface area contributed by atoms with Crippen LogP contribution in [0.3, 0.4) is 0 Å². The molecule has 1 rings (SSSR count). The molecular weight excluding hydrogens is 136 g/mol. The monoisotopic (exact) mass is 148 g/mol. The van der Waals surface area contributed by atoms with Crippen molar-refractivity contribution in [3.05, 3.63) is 0 Å². The van der Waals surface area contributed by atoms with Gasteiger partial charge in [-0.25, -0.2) is 4.21 Å². The van der Waals surface area contributed by atoms with E-state index in [1.165, 1.54) is 0 Å². The van der Waals surface area contributed by atoms with Crippen LogP contribution in [0.15, 0.2) is 0 Å². The topological polar surface area (TPSA) is 26.3 Å². The Bertz CT molecular complexity index is 114. The molecular formula is C6H12O2S. The molecule has 3 heteroatoms. The zero-order valence-electron chi connectivity index (χ0n) is 5.63. The first-order valence-corrected chi connectivity index (χ1v) is 4.52. The Morgan fingerprint density at radius 1 is 1.78 bits per heavy atom. The van der Waals surface area contributed by atoms with Gasteiger partial charge in [0.25, 0.3) is 0 Å². The van der Waals surface area contributed by atoms with Gasteiger partial charge in [-0.3, -0.25) is 4.18 Å². The first-order chi connectivity index (χ1) is 4.34. The van der Waals surface area contributed by atoms with Gasteiger partial charge >= 0.3 is 0 Å². The van der Waals surface area contributed by atoms with Gasteiger partial charge in [0, 0.05) is 0 Å². The fourth-order valence-electron chi connectivity index (χ4n) is 1.02. The van der Waals surface area contributed by atoms with Gasteiger partial charge in [0.2, 0.25) is 0 Å². The lowest BCUT2D eigenvalue weighted by molar-refractivity contribution is 0.380. The van der Waals surface area contributed by atoms with E-state index < -0.39 is 11.1 Å². The van der Waals surface area contributed by atoms with Crippen molar-refractivity contribution in [2.75, 3.05) is 6.61 Å². The lowest BCUT2D eigenvalue weighted by Crippen LogP contribution is -2.06. The highest BCUT2D eigenvalue weighted by atomic mass is 32.2. The Hall–Kier alpha value is 0.110. The molecule has 0 saturated carbocycles. The summed E-state index contributed by atoms with van der Waals surface area (Å²) >= 11 is -0.961. The summed E-state index contributed by atoms with van der Waals surface area (Å²) in [4.78, 5) is 0. The Labute approximate surface area is 58.3 Å². The van der Waals surface area contributed by atoms with E-state index in [9.17, 15) is 4.21 Å². The van der Waals surface area contributed by atoms with Crippen molar-refractivity contribution >= 4 is 11.1 Å². The van der Waals surface area contributed by atoms with E-state index in [2.05, 4.69) is 6.92 Å². The third kappa shape index (κ3) is 1.76. The van der Waals surface area contributed by atoms with E-state index >= 15 is 0 Å². The molecule has 0 aromatic rings. The Morgan fingerprint density at radius 2 is 2.56 bits per heavy atom. The highest BCUT2D eigenvalue weighted by Crippen LogP contribution is 2.17. The standard InChI is InChI=1S/C6H12O2S/c1-2-3-6-4-5-8-9(6)7/h6H,2-5H2,1H3/t6-,9+/m0/s1. The average Bonchev–Trinajstić information content (AvgIpc) is 2.18. The van der Waals surface area contributed by atoms with Crippen molar-refractivity contribution in [1.29, 1.82) is 0 Å². The summed E-state index contributed by atoms with van der Waals surface area (Å²) in [5.41, 5.74) is 0. The minimum atomic E-state index is -0.961. The number of hydrogen-bond acceptors (Lipinski definition) is 2. The van der Waals surface area contributed by atoms with Gasteiger partial charge in [-0.2, -0.15) is 0 Å². The first kappa shape index (κ1) is 7.22. The van der Waals surface area contributed by atoms with Crippen LogP contribution in [-0.2, 0) is 15.3 Å². The average molecular weight is 148 g/mol. The van der Waals surface area contributed by atoms with Crippen LogP contribution in [0.25, 0.3) is 0 Å². The van der Waals surface area contributed by atoms with Crippen molar-refractivity contribution in [2.24, 2.45) is 0 Å². The second kappa shape index (κ2) is 3.32. The van der Waals surface area contributed by atoms with Gasteiger partial charge < -0.3 is 0 Å². The normalized spacial score (nSPS) is 35.2. The van der Waals surface area contributed by atoms with Gasteiger partial charge in [0.05, 0.1) is 11.9 Å². The molecule has 0 aliphatic carbocycles. The third-order valence-corrected chi connectivity index (χ3v) is 2.94. The highest BCUT2D eigenvalue weighted by Gasteiger charge is 2.22. The fraction of sp³-hybridized carbons (Fsp3) is 1.00. The summed E-state index contributed by atoms with van der Waals surface area (Å²) < 4.78 is 15.7. The van der Waals surface area contributed by atoms with Crippen LogP contribution in [0, 0.1) is 0 Å². The van der Waals surface area contributed by atoms with Crippen LogP contribution in [-0.4, -0.2) is 16.1 Å². The van der Waals surface area contributed by atoms with Crippen molar-refractivity contribution in [3.8, 4) is 0 Å². The van der Waals surface area contributed by atoms with Crippen LogP contribution in [0.1, 0.15) is 26.2 Å². The molecule has 2 nitrogen and oxygen atoms in total. The lowest BCUT2D eigenvalue weighted by atomic mass is 10.2. The molecule has 1 aliphatic heterocycles. The van der Waals surface area contributed by atoms with Crippen LogP contribution in [0.2, 0.25) is 0 Å². The molecule has 0 bridgehead atoms. The summed E-state index contributed by atoms with van der Waals surface area (Å²) in [6, 6.07) is 0. The maximum Gasteiger partial charge on any atom is 0.158 e. The molecule has 2 atom stereocenters. The summed E-state index contributed by atoms with van der Waals surface area (Å²) in [6.07, 6.45) is 3.15. The molecule has 0 aromatic carbocycles. The summed E-state index contributed by atoms with van der Waals surface area (Å²) in [5.74, 6) is 0. The predicted octanol–water partition coefficient (Wildman–Crippen LogP) is 1.24. The van der Waals surface area contributed by atoms with Crippen molar-refractivity contribution < 1.29 is 8.39 Å². The van der Waals surface area contributed by atoms with Gasteiger partial charge in [0.15, 0.2) is 11.1 Å². The molecule has 1 heterocycles. The Kier molecular flexibility index (Phi) is 2.66. The molecule has 0 spiro atoms. The summed E-state index contributed by atoms with van der Waals surface area (Å²) in [5, 5.41) is 0.329. The SMILES string of the molecule is CCC[C@H]1CCO[S@]1=O. The molecule has 0 amide bonds. The molecule has 0 radical (unpaired) electrons. The van der Waals surface area contributed by atoms with E-state index in [4.69, 9.17) is 4.18 Å². The number of rotatable bonds is 2. The van der Waals surface area contributed by atoms with E-state index in [0.29, 0.717) is 11.9 Å². The van der Waals surface area contributed by atoms with Crippen molar-refractivity contribution in [1.82, 2.24) is 0 Å². The second-order valence-electron chi connectivity index (χ2n) is 2.28. The quantitative estimate of drug-likeness (QED) is 0.589. The second-order valence-corrected chi connectivity index (χ2v) is 3.71. The highest BCUT2D eigenvalue weighted by molar-refractivity contribution is 7.81. The van der Waals surface area contributed by atoms with Crippen LogP contribution in [0.4, 0.5) is 0 Å². The largest absolute Gasteiger partial charge is 0.290 e. The molecule has 0 N–H and O–H groups in total. The van der Waals surface area contributed by atoms with Crippen LogP contribution < -0.4 is 0 Å². The van der Waals surface area contributed by atoms with E-state index in [1.54, 1.807) is 0 Å². The molecule has 1 saturated heterocycles. The van der Waals surface area contributed by atoms with E-state index in [-0.39, 0.29) is 0 Å². The Balaban J connectivity index is 2.31. The molecule has 1 aliphatic rings. The third-order valence-electron chi connectivity index (χ3n) is 1.52. The van der Waals surface area contributed by atoms with Gasteiger partial charge in [-0.15, -0.1) is 0 Å². The summed E-state index contributed by atoms with van der Waals surface area (Å²) in [6.45, 7) is 2.80. The minimum Gasteiger partial charge on any atom is -0.290 e. The van der Waals surface area contributed by atoms with E-state index in [1.807, 2.05) is 0 Å². The fourth-order valence-corrected chi connectivity index (χ4v) is 2.19. The maximum absolute atomic E-state index is 10.9. The Morgan fingerprint density at radius 3 is 3.00 bits per heavy atom. The van der Waals surface area contributed by atoms with Gasteiger partial charge in [-0.1, -0.05) is 13.3 Å².